The molecule has 0 aliphatic heterocycles. The second-order valence-corrected chi connectivity index (χ2v) is 5.91. The summed E-state index contributed by atoms with van der Waals surface area (Å²) >= 11 is 0. The van der Waals surface area contributed by atoms with Crippen molar-refractivity contribution in [2.45, 2.75) is 38.3 Å². The van der Waals surface area contributed by atoms with Gasteiger partial charge in [0.05, 0.1) is 18.2 Å². The number of rotatable bonds is 9. The molecule has 0 spiro atoms. The van der Waals surface area contributed by atoms with E-state index in [0.29, 0.717) is 25.4 Å². The van der Waals surface area contributed by atoms with E-state index in [1.54, 1.807) is 25.3 Å². The van der Waals surface area contributed by atoms with Gasteiger partial charge in [0, 0.05) is 26.2 Å². The summed E-state index contributed by atoms with van der Waals surface area (Å²) in [6.45, 7) is 2.77. The zero-order chi connectivity index (χ0) is 17.7. The van der Waals surface area contributed by atoms with E-state index >= 15 is 0 Å². The fourth-order valence-electron chi connectivity index (χ4n) is 2.66. The second kappa shape index (κ2) is 8.01. The molecule has 1 atom stereocenters. The molecule has 0 aromatic heterocycles. The van der Waals surface area contributed by atoms with Gasteiger partial charge in [-0.05, 0) is 37.5 Å². The lowest BCUT2D eigenvalue weighted by Crippen LogP contribution is -2.34. The molecule has 0 saturated heterocycles. The van der Waals surface area contributed by atoms with E-state index in [1.165, 1.54) is 4.90 Å². The van der Waals surface area contributed by atoms with Crippen LogP contribution in [-0.2, 0) is 4.74 Å². The van der Waals surface area contributed by atoms with E-state index in [1.807, 2.05) is 6.92 Å². The number of carboxylic acid groups (broad SMARTS) is 1. The Morgan fingerprint density at radius 2 is 2.08 bits per heavy atom. The maximum Gasteiger partial charge on any atom is 0.408 e. The highest BCUT2D eigenvalue weighted by Crippen LogP contribution is 2.35. The SMILES string of the molecule is COCCCOc1cc(C(C)N(C(=O)O)C2CC2)ccc1C(N)=O. The zero-order valence-corrected chi connectivity index (χ0v) is 14.0. The zero-order valence-electron chi connectivity index (χ0n) is 14.0. The number of hydrogen-bond acceptors (Lipinski definition) is 4. The van der Waals surface area contributed by atoms with Crippen molar-refractivity contribution in [1.82, 2.24) is 4.90 Å². The standard InChI is InChI=1S/C17H24N2O5/c1-11(19(17(21)22)13-5-6-13)12-4-7-14(16(18)20)15(10-12)24-9-3-8-23-2/h4,7,10-11,13H,3,5-6,8-9H2,1-2H3,(H2,18,20)(H,21,22). The van der Waals surface area contributed by atoms with Gasteiger partial charge < -0.3 is 20.3 Å². The van der Waals surface area contributed by atoms with Gasteiger partial charge in [0.25, 0.3) is 5.91 Å². The van der Waals surface area contributed by atoms with Gasteiger partial charge >= 0.3 is 6.09 Å². The number of benzene rings is 1. The predicted octanol–water partition coefficient (Wildman–Crippen LogP) is 2.40. The maximum atomic E-state index is 11.6. The van der Waals surface area contributed by atoms with E-state index < -0.39 is 12.0 Å². The van der Waals surface area contributed by atoms with Gasteiger partial charge in [-0.25, -0.2) is 4.79 Å². The Labute approximate surface area is 141 Å². The quantitative estimate of drug-likeness (QED) is 0.674. The molecule has 1 aromatic rings. The number of hydrogen-bond donors (Lipinski definition) is 2. The van der Waals surface area contributed by atoms with Gasteiger partial charge in [0.1, 0.15) is 5.75 Å². The molecule has 1 aliphatic carbocycles. The molecule has 2 amide bonds. The van der Waals surface area contributed by atoms with Gasteiger partial charge in [0.2, 0.25) is 0 Å². The van der Waals surface area contributed by atoms with Gasteiger partial charge in [0.15, 0.2) is 0 Å². The van der Waals surface area contributed by atoms with Crippen LogP contribution in [0.2, 0.25) is 0 Å². The van der Waals surface area contributed by atoms with Crippen LogP contribution in [-0.4, -0.2) is 48.4 Å². The summed E-state index contributed by atoms with van der Waals surface area (Å²) in [6.07, 6.45) is 1.51. The highest BCUT2D eigenvalue weighted by molar-refractivity contribution is 5.95. The number of amides is 2. The fraction of sp³-hybridized carbons (Fsp3) is 0.529. The Kier molecular flexibility index (Phi) is 6.03. The van der Waals surface area contributed by atoms with Crippen LogP contribution in [0.4, 0.5) is 4.79 Å². The van der Waals surface area contributed by atoms with E-state index in [2.05, 4.69) is 0 Å². The van der Waals surface area contributed by atoms with Gasteiger partial charge in [-0.2, -0.15) is 0 Å². The third kappa shape index (κ3) is 4.38. The minimum absolute atomic E-state index is 0.0689. The third-order valence-corrected chi connectivity index (χ3v) is 4.08. The van der Waals surface area contributed by atoms with Crippen LogP contribution in [0.1, 0.15) is 48.1 Å². The van der Waals surface area contributed by atoms with Gasteiger partial charge in [-0.3, -0.25) is 9.69 Å². The van der Waals surface area contributed by atoms with E-state index in [-0.39, 0.29) is 17.6 Å². The largest absolute Gasteiger partial charge is 0.493 e. The molecule has 132 valence electrons. The lowest BCUT2D eigenvalue weighted by molar-refractivity contribution is 0.0994. The molecule has 1 fully saturated rings. The highest BCUT2D eigenvalue weighted by Gasteiger charge is 2.36. The van der Waals surface area contributed by atoms with Crippen molar-refractivity contribution >= 4 is 12.0 Å². The first-order valence-corrected chi connectivity index (χ1v) is 8.02. The average molecular weight is 336 g/mol. The van der Waals surface area contributed by atoms with Crippen LogP contribution >= 0.6 is 0 Å². The number of carbonyl (C=O) groups excluding carboxylic acids is 1. The van der Waals surface area contributed by atoms with E-state index in [9.17, 15) is 14.7 Å². The Morgan fingerprint density at radius 1 is 1.38 bits per heavy atom. The summed E-state index contributed by atoms with van der Waals surface area (Å²) in [7, 11) is 1.61. The van der Waals surface area contributed by atoms with Crippen molar-refractivity contribution in [2.75, 3.05) is 20.3 Å². The monoisotopic (exact) mass is 336 g/mol. The Hall–Kier alpha value is -2.28. The molecule has 0 heterocycles. The van der Waals surface area contributed by atoms with Gasteiger partial charge in [-0.15, -0.1) is 0 Å². The second-order valence-electron chi connectivity index (χ2n) is 5.91. The highest BCUT2D eigenvalue weighted by atomic mass is 16.5. The average Bonchev–Trinajstić information content (AvgIpc) is 3.35. The van der Waals surface area contributed by atoms with Crippen molar-refractivity contribution in [1.29, 1.82) is 0 Å². The Bertz CT molecular complexity index is 601. The number of methoxy groups -OCH3 is 1. The minimum atomic E-state index is -0.938. The summed E-state index contributed by atoms with van der Waals surface area (Å²) in [5.41, 5.74) is 6.45. The van der Waals surface area contributed by atoms with Crippen LogP contribution in [0.15, 0.2) is 18.2 Å². The predicted molar refractivity (Wildman–Crippen MR) is 88.2 cm³/mol. The number of carbonyl (C=O) groups is 2. The molecule has 1 saturated carbocycles. The molecule has 7 nitrogen and oxygen atoms in total. The summed E-state index contributed by atoms with van der Waals surface area (Å²) in [6, 6.07) is 4.77. The van der Waals surface area contributed by atoms with Crippen molar-refractivity contribution in [3.63, 3.8) is 0 Å². The summed E-state index contributed by atoms with van der Waals surface area (Å²) in [5.74, 6) is -0.197. The lowest BCUT2D eigenvalue weighted by atomic mass is 10.0. The number of nitrogens with zero attached hydrogens (tertiary/aromatic N) is 1. The van der Waals surface area contributed by atoms with Gasteiger partial charge in [-0.1, -0.05) is 6.07 Å². The van der Waals surface area contributed by atoms with Crippen LogP contribution in [0.5, 0.6) is 5.75 Å². The van der Waals surface area contributed by atoms with E-state index in [4.69, 9.17) is 15.2 Å². The van der Waals surface area contributed by atoms with Crippen LogP contribution in [0.3, 0.4) is 0 Å². The molecule has 1 unspecified atom stereocenters. The first kappa shape index (κ1) is 18.1. The van der Waals surface area contributed by atoms with Crippen molar-refractivity contribution in [2.24, 2.45) is 5.73 Å². The molecule has 7 heteroatoms. The fourth-order valence-corrected chi connectivity index (χ4v) is 2.66. The smallest absolute Gasteiger partial charge is 0.408 e. The third-order valence-electron chi connectivity index (χ3n) is 4.08. The van der Waals surface area contributed by atoms with Crippen LogP contribution in [0.25, 0.3) is 0 Å². The molecular weight excluding hydrogens is 312 g/mol. The number of primary amides is 1. The Balaban J connectivity index is 2.20. The topological polar surface area (TPSA) is 102 Å². The maximum absolute atomic E-state index is 11.6. The summed E-state index contributed by atoms with van der Waals surface area (Å²) in [4.78, 5) is 24.5. The van der Waals surface area contributed by atoms with Crippen LogP contribution in [0, 0.1) is 0 Å². The normalized spacial score (nSPS) is 14.9. The molecule has 3 N–H and O–H groups in total. The number of nitrogens with two attached hydrogens (primary N) is 1. The first-order chi connectivity index (χ1) is 11.5. The molecule has 0 bridgehead atoms. The summed E-state index contributed by atoms with van der Waals surface area (Å²) in [5, 5.41) is 9.43. The molecular formula is C17H24N2O5. The van der Waals surface area contributed by atoms with Crippen LogP contribution < -0.4 is 10.5 Å². The van der Waals surface area contributed by atoms with Crippen molar-refractivity contribution in [3.8, 4) is 5.75 Å². The Morgan fingerprint density at radius 3 is 2.62 bits per heavy atom. The molecule has 24 heavy (non-hydrogen) atoms. The van der Waals surface area contributed by atoms with Crippen molar-refractivity contribution in [3.05, 3.63) is 29.3 Å². The molecule has 1 aromatic carbocycles. The molecule has 0 radical (unpaired) electrons. The minimum Gasteiger partial charge on any atom is -0.493 e. The van der Waals surface area contributed by atoms with Crippen molar-refractivity contribution < 1.29 is 24.2 Å². The number of ether oxygens (including phenoxy) is 2. The lowest BCUT2D eigenvalue weighted by Gasteiger charge is -2.27. The molecule has 1 aliphatic rings. The first-order valence-electron chi connectivity index (χ1n) is 8.02. The molecule has 2 rings (SSSR count). The summed E-state index contributed by atoms with van der Waals surface area (Å²) < 4.78 is 10.6. The van der Waals surface area contributed by atoms with E-state index in [0.717, 1.165) is 18.4 Å².